The summed E-state index contributed by atoms with van der Waals surface area (Å²) in [5, 5.41) is 2.65. The second-order valence-corrected chi connectivity index (χ2v) is 5.19. The summed E-state index contributed by atoms with van der Waals surface area (Å²) in [6, 6.07) is 8.59. The minimum absolute atomic E-state index is 0.702. The Bertz CT molecular complexity index is 524. The van der Waals surface area contributed by atoms with Gasteiger partial charge in [-0.3, -0.25) is 4.98 Å². The van der Waals surface area contributed by atoms with E-state index in [9.17, 15) is 0 Å². The van der Waals surface area contributed by atoms with Gasteiger partial charge < -0.3 is 0 Å². The average molecular weight is 225 g/mol. The monoisotopic (exact) mass is 225 g/mol. The topological polar surface area (TPSA) is 12.9 Å². The quantitative estimate of drug-likeness (QED) is 0.691. The standard InChI is InChI=1S/C16H19N/c1-12-15-10-6-5-9-14(15)11-17-16(12)13-7-3-2-4-8-13/h5-6,9-11,13H,2-4,7-8H2,1H3. The van der Waals surface area contributed by atoms with Crippen LogP contribution in [0.1, 0.15) is 49.3 Å². The van der Waals surface area contributed by atoms with Crippen molar-refractivity contribution in [2.45, 2.75) is 44.9 Å². The third kappa shape index (κ3) is 1.95. The van der Waals surface area contributed by atoms with Gasteiger partial charge in [-0.1, -0.05) is 43.5 Å². The van der Waals surface area contributed by atoms with E-state index in [2.05, 4.69) is 31.2 Å². The molecule has 3 rings (SSSR count). The zero-order valence-corrected chi connectivity index (χ0v) is 10.4. The van der Waals surface area contributed by atoms with Crippen molar-refractivity contribution in [1.82, 2.24) is 4.98 Å². The molecule has 2 aromatic rings. The number of aromatic nitrogens is 1. The smallest absolute Gasteiger partial charge is 0.0470 e. The maximum absolute atomic E-state index is 4.73. The molecule has 1 fully saturated rings. The van der Waals surface area contributed by atoms with Gasteiger partial charge >= 0.3 is 0 Å². The second kappa shape index (κ2) is 4.48. The van der Waals surface area contributed by atoms with E-state index < -0.39 is 0 Å². The first-order valence-corrected chi connectivity index (χ1v) is 6.70. The van der Waals surface area contributed by atoms with Gasteiger partial charge in [0.1, 0.15) is 0 Å². The molecule has 0 radical (unpaired) electrons. The van der Waals surface area contributed by atoms with Gasteiger partial charge in [-0.2, -0.15) is 0 Å². The lowest BCUT2D eigenvalue weighted by atomic mass is 9.84. The summed E-state index contributed by atoms with van der Waals surface area (Å²) >= 11 is 0. The molecule has 88 valence electrons. The number of rotatable bonds is 1. The lowest BCUT2D eigenvalue weighted by Gasteiger charge is -2.23. The molecular formula is C16H19N. The van der Waals surface area contributed by atoms with Crippen molar-refractivity contribution in [1.29, 1.82) is 0 Å². The van der Waals surface area contributed by atoms with Crippen molar-refractivity contribution in [2.24, 2.45) is 0 Å². The van der Waals surface area contributed by atoms with Crippen molar-refractivity contribution in [3.8, 4) is 0 Å². The molecule has 0 spiro atoms. The van der Waals surface area contributed by atoms with Crippen LogP contribution in [0.15, 0.2) is 30.5 Å². The van der Waals surface area contributed by atoms with Crippen LogP contribution in [-0.2, 0) is 0 Å². The maximum atomic E-state index is 4.73. The first kappa shape index (κ1) is 10.8. The Morgan fingerprint density at radius 1 is 1.06 bits per heavy atom. The molecule has 0 atom stereocenters. The Kier molecular flexibility index (Phi) is 2.84. The van der Waals surface area contributed by atoms with Crippen LogP contribution in [0.5, 0.6) is 0 Å². The molecule has 1 heteroatoms. The summed E-state index contributed by atoms with van der Waals surface area (Å²) in [4.78, 5) is 4.73. The van der Waals surface area contributed by atoms with E-state index in [0.29, 0.717) is 5.92 Å². The van der Waals surface area contributed by atoms with Gasteiger partial charge in [0.2, 0.25) is 0 Å². The molecule has 0 amide bonds. The molecule has 0 aliphatic heterocycles. The van der Waals surface area contributed by atoms with E-state index in [1.54, 1.807) is 0 Å². The summed E-state index contributed by atoms with van der Waals surface area (Å²) in [5.41, 5.74) is 2.75. The lowest BCUT2D eigenvalue weighted by molar-refractivity contribution is 0.436. The van der Waals surface area contributed by atoms with Crippen LogP contribution in [0.25, 0.3) is 10.8 Å². The van der Waals surface area contributed by atoms with Gasteiger partial charge in [-0.25, -0.2) is 0 Å². The Morgan fingerprint density at radius 3 is 2.65 bits per heavy atom. The summed E-state index contributed by atoms with van der Waals surface area (Å²) in [5.74, 6) is 0.702. The van der Waals surface area contributed by atoms with E-state index in [-0.39, 0.29) is 0 Å². The van der Waals surface area contributed by atoms with E-state index in [4.69, 9.17) is 4.98 Å². The molecule has 1 aliphatic rings. The average Bonchev–Trinajstić information content (AvgIpc) is 2.40. The minimum Gasteiger partial charge on any atom is -0.260 e. The zero-order valence-electron chi connectivity index (χ0n) is 10.4. The summed E-state index contributed by atoms with van der Waals surface area (Å²) in [6.07, 6.45) is 8.85. The molecule has 1 aromatic carbocycles. The first-order valence-electron chi connectivity index (χ1n) is 6.70. The van der Waals surface area contributed by atoms with Gasteiger partial charge in [0, 0.05) is 23.2 Å². The number of hydrogen-bond acceptors (Lipinski definition) is 1. The Balaban J connectivity index is 2.07. The predicted octanol–water partition coefficient (Wildman–Crippen LogP) is 4.59. The normalized spacial score (nSPS) is 17.5. The Labute approximate surface area is 103 Å². The number of benzene rings is 1. The second-order valence-electron chi connectivity index (χ2n) is 5.19. The third-order valence-corrected chi connectivity index (χ3v) is 4.08. The molecule has 1 aromatic heterocycles. The van der Waals surface area contributed by atoms with Gasteiger partial charge in [0.15, 0.2) is 0 Å². The van der Waals surface area contributed by atoms with Crippen LogP contribution in [0.2, 0.25) is 0 Å². The van der Waals surface area contributed by atoms with Gasteiger partial charge in [-0.15, -0.1) is 0 Å². The Morgan fingerprint density at radius 2 is 1.82 bits per heavy atom. The SMILES string of the molecule is Cc1c(C2CCCCC2)ncc2ccccc12. The molecular weight excluding hydrogens is 206 g/mol. The number of pyridine rings is 1. The largest absolute Gasteiger partial charge is 0.260 e. The minimum atomic E-state index is 0.702. The van der Waals surface area contributed by atoms with E-state index in [1.807, 2.05) is 6.20 Å². The van der Waals surface area contributed by atoms with Crippen molar-refractivity contribution in [3.63, 3.8) is 0 Å². The molecule has 0 bridgehead atoms. The van der Waals surface area contributed by atoms with Crippen LogP contribution in [0, 0.1) is 6.92 Å². The zero-order chi connectivity index (χ0) is 11.7. The highest BCUT2D eigenvalue weighted by molar-refractivity contribution is 5.85. The van der Waals surface area contributed by atoms with E-state index in [1.165, 1.54) is 54.1 Å². The van der Waals surface area contributed by atoms with Gasteiger partial charge in [0.05, 0.1) is 0 Å². The van der Waals surface area contributed by atoms with Crippen molar-refractivity contribution < 1.29 is 0 Å². The third-order valence-electron chi connectivity index (χ3n) is 4.08. The highest BCUT2D eigenvalue weighted by Crippen LogP contribution is 2.34. The lowest BCUT2D eigenvalue weighted by Crippen LogP contribution is -2.08. The Hall–Kier alpha value is -1.37. The van der Waals surface area contributed by atoms with Crippen LogP contribution < -0.4 is 0 Å². The summed E-state index contributed by atoms with van der Waals surface area (Å²) < 4.78 is 0. The molecule has 0 N–H and O–H groups in total. The molecule has 0 unspecified atom stereocenters. The number of nitrogens with zero attached hydrogens (tertiary/aromatic N) is 1. The highest BCUT2D eigenvalue weighted by atomic mass is 14.7. The van der Waals surface area contributed by atoms with E-state index in [0.717, 1.165) is 0 Å². The van der Waals surface area contributed by atoms with Crippen LogP contribution in [0.4, 0.5) is 0 Å². The van der Waals surface area contributed by atoms with Gasteiger partial charge in [-0.05, 0) is 30.7 Å². The number of hydrogen-bond donors (Lipinski definition) is 0. The van der Waals surface area contributed by atoms with Crippen LogP contribution in [-0.4, -0.2) is 4.98 Å². The maximum Gasteiger partial charge on any atom is 0.0470 e. The summed E-state index contributed by atoms with van der Waals surface area (Å²) in [6.45, 7) is 2.24. The molecule has 1 aliphatic carbocycles. The van der Waals surface area contributed by atoms with Crippen molar-refractivity contribution in [3.05, 3.63) is 41.7 Å². The fourth-order valence-electron chi connectivity index (χ4n) is 3.11. The number of fused-ring (bicyclic) bond motifs is 1. The molecule has 17 heavy (non-hydrogen) atoms. The van der Waals surface area contributed by atoms with Crippen molar-refractivity contribution in [2.75, 3.05) is 0 Å². The molecule has 0 saturated heterocycles. The van der Waals surface area contributed by atoms with Crippen LogP contribution >= 0.6 is 0 Å². The molecule has 1 heterocycles. The molecule has 1 saturated carbocycles. The van der Waals surface area contributed by atoms with Crippen LogP contribution in [0.3, 0.4) is 0 Å². The first-order chi connectivity index (χ1) is 8.36. The number of aryl methyl sites for hydroxylation is 1. The fraction of sp³-hybridized carbons (Fsp3) is 0.438. The van der Waals surface area contributed by atoms with Gasteiger partial charge in [0.25, 0.3) is 0 Å². The summed E-state index contributed by atoms with van der Waals surface area (Å²) in [7, 11) is 0. The van der Waals surface area contributed by atoms with Crippen molar-refractivity contribution >= 4 is 10.8 Å². The molecule has 1 nitrogen and oxygen atoms in total. The van der Waals surface area contributed by atoms with E-state index >= 15 is 0 Å². The highest BCUT2D eigenvalue weighted by Gasteiger charge is 2.19. The predicted molar refractivity (Wildman–Crippen MR) is 72.3 cm³/mol. The fourth-order valence-corrected chi connectivity index (χ4v) is 3.11.